The highest BCUT2D eigenvalue weighted by Gasteiger charge is 2.22. The van der Waals surface area contributed by atoms with E-state index in [-0.39, 0.29) is 23.8 Å². The lowest BCUT2D eigenvalue weighted by Crippen LogP contribution is -2.31. The summed E-state index contributed by atoms with van der Waals surface area (Å²) < 4.78 is 5.44. The molecule has 1 fully saturated rings. The molecule has 0 aliphatic heterocycles. The lowest BCUT2D eigenvalue weighted by atomic mass is 9.93. The molecular formula is C18H31N5O3. The largest absolute Gasteiger partial charge is 0.393 e. The molecule has 0 spiro atoms. The zero-order valence-corrected chi connectivity index (χ0v) is 15.7. The number of aromatic nitrogens is 2. The predicted molar refractivity (Wildman–Crippen MR) is 101 cm³/mol. The first kappa shape index (κ1) is 20.4. The number of anilines is 2. The second-order valence-corrected chi connectivity index (χ2v) is 6.84. The van der Waals surface area contributed by atoms with Gasteiger partial charge in [-0.3, -0.25) is 4.79 Å². The predicted octanol–water partition coefficient (Wildman–Crippen LogP) is 1.91. The van der Waals surface area contributed by atoms with Crippen LogP contribution in [0.4, 0.5) is 11.8 Å². The average molecular weight is 365 g/mol. The zero-order chi connectivity index (χ0) is 18.9. The summed E-state index contributed by atoms with van der Waals surface area (Å²) in [7, 11) is 1.72. The van der Waals surface area contributed by atoms with E-state index >= 15 is 0 Å². The van der Waals surface area contributed by atoms with E-state index in [1.807, 2.05) is 0 Å². The minimum atomic E-state index is -0.571. The summed E-state index contributed by atoms with van der Waals surface area (Å²) in [5.74, 6) is 0.295. The van der Waals surface area contributed by atoms with Crippen molar-refractivity contribution in [1.82, 2.24) is 9.97 Å². The summed E-state index contributed by atoms with van der Waals surface area (Å²) >= 11 is 0. The maximum absolute atomic E-state index is 11.7. The number of ether oxygens (including phenoxy) is 1. The minimum absolute atomic E-state index is 0.0713. The van der Waals surface area contributed by atoms with Crippen molar-refractivity contribution in [2.45, 2.75) is 70.1 Å². The lowest BCUT2D eigenvalue weighted by Gasteiger charge is -2.27. The van der Waals surface area contributed by atoms with E-state index < -0.39 is 5.91 Å². The third-order valence-electron chi connectivity index (χ3n) is 4.73. The van der Waals surface area contributed by atoms with Gasteiger partial charge in [-0.15, -0.1) is 0 Å². The van der Waals surface area contributed by atoms with E-state index in [9.17, 15) is 9.90 Å². The molecule has 26 heavy (non-hydrogen) atoms. The Morgan fingerprint density at radius 3 is 2.92 bits per heavy atom. The van der Waals surface area contributed by atoms with E-state index in [2.05, 4.69) is 27.5 Å². The highest BCUT2D eigenvalue weighted by atomic mass is 16.5. The van der Waals surface area contributed by atoms with Crippen LogP contribution in [0.5, 0.6) is 0 Å². The molecule has 1 heterocycles. The Labute approximate surface area is 154 Å². The first-order valence-electron chi connectivity index (χ1n) is 9.41. The highest BCUT2D eigenvalue weighted by Crippen LogP contribution is 2.23. The molecule has 8 heteroatoms. The van der Waals surface area contributed by atoms with Gasteiger partial charge in [-0.25, -0.2) is 4.98 Å². The average Bonchev–Trinajstić information content (AvgIpc) is 2.61. The van der Waals surface area contributed by atoms with Gasteiger partial charge in [0.2, 0.25) is 5.95 Å². The summed E-state index contributed by atoms with van der Waals surface area (Å²) in [6.45, 7) is 2.81. The van der Waals surface area contributed by atoms with Gasteiger partial charge in [-0.05, 0) is 38.5 Å². The molecule has 1 saturated carbocycles. The second-order valence-electron chi connectivity index (χ2n) is 6.84. The van der Waals surface area contributed by atoms with Crippen LogP contribution in [0, 0.1) is 0 Å². The number of nitrogens with two attached hydrogens (primary N) is 1. The number of methoxy groups -OCH3 is 1. The van der Waals surface area contributed by atoms with Crippen LogP contribution in [0.15, 0.2) is 6.20 Å². The summed E-state index contributed by atoms with van der Waals surface area (Å²) in [5, 5.41) is 16.3. The van der Waals surface area contributed by atoms with E-state index in [0.717, 1.165) is 38.5 Å². The number of nitrogens with zero attached hydrogens (tertiary/aromatic N) is 2. The lowest BCUT2D eigenvalue weighted by molar-refractivity contribution is 0.0902. The standard InChI is InChI=1S/C18H31N5O3/c1-3-5-14(26-2)8-9-20-18-21-11-15(16(19)25)17(23-18)22-12-6-4-7-13(24)10-12/h11-14,24H,3-10H2,1-2H3,(H2,19,25)(H2,20,21,22,23)/t12-,13+,14+/m1/s1. The maximum atomic E-state index is 11.7. The fourth-order valence-electron chi connectivity index (χ4n) is 3.29. The van der Waals surface area contributed by atoms with Crippen molar-refractivity contribution in [2.75, 3.05) is 24.3 Å². The van der Waals surface area contributed by atoms with Crippen molar-refractivity contribution in [2.24, 2.45) is 5.73 Å². The SMILES string of the molecule is CCC[C@@H](CCNc1ncc(C(N)=O)c(N[C@@H]2CCC[C@H](O)C2)n1)OC. The third-order valence-corrected chi connectivity index (χ3v) is 4.73. The Kier molecular flexibility index (Phi) is 8.06. The fourth-order valence-corrected chi connectivity index (χ4v) is 3.29. The van der Waals surface area contributed by atoms with Crippen LogP contribution < -0.4 is 16.4 Å². The number of primary amides is 1. The molecule has 0 aromatic carbocycles. The quantitative estimate of drug-likeness (QED) is 0.499. The van der Waals surface area contributed by atoms with Crippen molar-refractivity contribution in [3.05, 3.63) is 11.8 Å². The zero-order valence-electron chi connectivity index (χ0n) is 15.7. The molecule has 0 saturated heterocycles. The molecule has 1 amide bonds. The topological polar surface area (TPSA) is 122 Å². The van der Waals surface area contributed by atoms with Crippen molar-refractivity contribution in [3.8, 4) is 0 Å². The molecule has 3 atom stereocenters. The van der Waals surface area contributed by atoms with E-state index in [4.69, 9.17) is 10.5 Å². The van der Waals surface area contributed by atoms with E-state index in [0.29, 0.717) is 24.7 Å². The fraction of sp³-hybridized carbons (Fsp3) is 0.722. The first-order chi connectivity index (χ1) is 12.5. The van der Waals surface area contributed by atoms with Gasteiger partial charge >= 0.3 is 0 Å². The van der Waals surface area contributed by atoms with Gasteiger partial charge in [0, 0.05) is 25.9 Å². The smallest absolute Gasteiger partial charge is 0.254 e. The van der Waals surface area contributed by atoms with Gasteiger partial charge in [0.05, 0.1) is 17.8 Å². The molecule has 1 aliphatic carbocycles. The van der Waals surface area contributed by atoms with Gasteiger partial charge in [-0.1, -0.05) is 13.3 Å². The molecule has 5 N–H and O–H groups in total. The Morgan fingerprint density at radius 2 is 2.27 bits per heavy atom. The molecule has 146 valence electrons. The molecule has 2 rings (SSSR count). The van der Waals surface area contributed by atoms with Crippen LogP contribution in [0.25, 0.3) is 0 Å². The summed E-state index contributed by atoms with van der Waals surface area (Å²) in [6, 6.07) is 0.0713. The maximum Gasteiger partial charge on any atom is 0.254 e. The Balaban J connectivity index is 2.01. The van der Waals surface area contributed by atoms with Gasteiger partial charge in [0.25, 0.3) is 5.91 Å². The molecule has 0 unspecified atom stereocenters. The number of hydrogen-bond donors (Lipinski definition) is 4. The number of amides is 1. The monoisotopic (exact) mass is 365 g/mol. The molecule has 1 aliphatic rings. The van der Waals surface area contributed by atoms with Crippen molar-refractivity contribution in [3.63, 3.8) is 0 Å². The van der Waals surface area contributed by atoms with Crippen LogP contribution in [-0.4, -0.2) is 52.9 Å². The number of aliphatic hydroxyl groups excluding tert-OH is 1. The van der Waals surface area contributed by atoms with Gasteiger partial charge < -0.3 is 26.2 Å². The number of hydrogen-bond acceptors (Lipinski definition) is 7. The second kappa shape index (κ2) is 10.3. The highest BCUT2D eigenvalue weighted by molar-refractivity contribution is 5.97. The molecule has 8 nitrogen and oxygen atoms in total. The molecule has 1 aromatic heterocycles. The molecule has 0 radical (unpaired) electrons. The number of carbonyl (C=O) groups excluding carboxylic acids is 1. The van der Waals surface area contributed by atoms with Gasteiger partial charge in [0.15, 0.2) is 0 Å². The van der Waals surface area contributed by atoms with Crippen molar-refractivity contribution in [1.29, 1.82) is 0 Å². The number of nitrogens with one attached hydrogen (secondary N) is 2. The number of carbonyl (C=O) groups is 1. The normalized spacial score (nSPS) is 21.2. The van der Waals surface area contributed by atoms with Gasteiger partial charge in [-0.2, -0.15) is 4.98 Å². The van der Waals surface area contributed by atoms with Gasteiger partial charge in [0.1, 0.15) is 5.82 Å². The molecule has 1 aromatic rings. The number of rotatable bonds is 10. The van der Waals surface area contributed by atoms with Crippen molar-refractivity contribution >= 4 is 17.7 Å². The van der Waals surface area contributed by atoms with E-state index in [1.165, 1.54) is 6.20 Å². The Bertz CT molecular complexity index is 584. The van der Waals surface area contributed by atoms with Crippen LogP contribution in [-0.2, 0) is 4.74 Å². The first-order valence-corrected chi connectivity index (χ1v) is 9.41. The third kappa shape index (κ3) is 6.10. The van der Waals surface area contributed by atoms with Crippen LogP contribution in [0.3, 0.4) is 0 Å². The van der Waals surface area contributed by atoms with Crippen LogP contribution in [0.2, 0.25) is 0 Å². The minimum Gasteiger partial charge on any atom is -0.393 e. The van der Waals surface area contributed by atoms with Crippen LogP contribution >= 0.6 is 0 Å². The Hall–Kier alpha value is -1.93. The number of aliphatic hydroxyl groups is 1. The molecular weight excluding hydrogens is 334 g/mol. The molecule has 0 bridgehead atoms. The Morgan fingerprint density at radius 1 is 1.46 bits per heavy atom. The summed E-state index contributed by atoms with van der Waals surface area (Å²) in [5.41, 5.74) is 5.70. The summed E-state index contributed by atoms with van der Waals surface area (Å²) in [6.07, 6.45) is 7.58. The summed E-state index contributed by atoms with van der Waals surface area (Å²) in [4.78, 5) is 20.3. The van der Waals surface area contributed by atoms with Crippen molar-refractivity contribution < 1.29 is 14.6 Å². The van der Waals surface area contributed by atoms with E-state index in [1.54, 1.807) is 7.11 Å². The van der Waals surface area contributed by atoms with Crippen LogP contribution in [0.1, 0.15) is 62.2 Å².